The Hall–Kier alpha value is 0.0975. The predicted molar refractivity (Wildman–Crippen MR) is 229 cm³/mol. The van der Waals surface area contributed by atoms with E-state index in [1.54, 1.807) is 0 Å². The standard InChI is InChI=1S/C40H86O8Si4/c1-14-15-16-17-21-24-27-30-34(31-28-25-22-19-18-20-23-26-29-32-36(41)42)44-40-39(48-52(11,12)13)38(47-51(8,9)10)37(46-50(5,6)7)35(45-40)33-43-49(2,3)4/h34-35,37-40H,14-33H2,1-13H3,(H,41,42)/t34?,35-,37-,38+,39-,40?/m1/s1. The molecule has 0 spiro atoms. The molecule has 1 saturated heterocycles. The Morgan fingerprint density at radius 3 is 1.38 bits per heavy atom. The Kier molecular flexibility index (Phi) is 24.5. The van der Waals surface area contributed by atoms with Crippen molar-refractivity contribution in [2.24, 2.45) is 0 Å². The fraction of sp³-hybridized carbons (Fsp3) is 0.975. The zero-order valence-electron chi connectivity index (χ0n) is 36.4. The van der Waals surface area contributed by atoms with Gasteiger partial charge in [-0.1, -0.05) is 103 Å². The van der Waals surface area contributed by atoms with E-state index in [1.165, 1.54) is 77.0 Å². The first-order valence-corrected chi connectivity index (χ1v) is 34.9. The minimum Gasteiger partial charge on any atom is -0.481 e. The second-order valence-corrected chi connectivity index (χ2v) is 37.2. The molecule has 8 nitrogen and oxygen atoms in total. The van der Waals surface area contributed by atoms with Gasteiger partial charge in [-0.15, -0.1) is 0 Å². The Bertz CT molecular complexity index is 929. The maximum Gasteiger partial charge on any atom is 0.303 e. The molecule has 0 bridgehead atoms. The number of unbranched alkanes of at least 4 members (excludes halogenated alkanes) is 14. The maximum atomic E-state index is 10.8. The van der Waals surface area contributed by atoms with Crippen LogP contribution < -0.4 is 0 Å². The second-order valence-electron chi connectivity index (χ2n) is 19.3. The monoisotopic (exact) mass is 807 g/mol. The van der Waals surface area contributed by atoms with Crippen LogP contribution in [0, 0.1) is 0 Å². The summed E-state index contributed by atoms with van der Waals surface area (Å²) in [5.41, 5.74) is 0. The molecule has 6 atom stereocenters. The summed E-state index contributed by atoms with van der Waals surface area (Å²) in [6, 6.07) is 0. The summed E-state index contributed by atoms with van der Waals surface area (Å²) in [4.78, 5) is 10.8. The van der Waals surface area contributed by atoms with Crippen molar-refractivity contribution >= 4 is 39.2 Å². The second kappa shape index (κ2) is 25.4. The van der Waals surface area contributed by atoms with E-state index in [9.17, 15) is 4.79 Å². The van der Waals surface area contributed by atoms with Gasteiger partial charge < -0.3 is 32.3 Å². The molecule has 1 rings (SSSR count). The van der Waals surface area contributed by atoms with Gasteiger partial charge in [-0.05, 0) is 97.8 Å². The lowest BCUT2D eigenvalue weighted by Crippen LogP contribution is -2.66. The van der Waals surface area contributed by atoms with Gasteiger partial charge in [0.1, 0.15) is 24.4 Å². The summed E-state index contributed by atoms with van der Waals surface area (Å²) in [6.45, 7) is 29.7. The molecule has 0 aliphatic carbocycles. The van der Waals surface area contributed by atoms with Crippen molar-refractivity contribution in [3.63, 3.8) is 0 Å². The molecule has 0 aromatic rings. The van der Waals surface area contributed by atoms with Crippen LogP contribution in [0.5, 0.6) is 0 Å². The van der Waals surface area contributed by atoms with Crippen LogP contribution in [0.2, 0.25) is 78.6 Å². The molecule has 0 aromatic heterocycles. The van der Waals surface area contributed by atoms with Crippen molar-refractivity contribution in [3.8, 4) is 0 Å². The molecule has 1 N–H and O–H groups in total. The molecule has 0 aromatic carbocycles. The maximum absolute atomic E-state index is 10.8. The SMILES string of the molecule is CCCCCCCCCC(CCCCCCCCCCCC(=O)O)OC1O[C@H](CO[Si](C)(C)C)[C@@H](O[Si](C)(C)C)[C@H](O[Si](C)(C)C)[C@H]1O[Si](C)(C)C. The van der Waals surface area contributed by atoms with Gasteiger partial charge >= 0.3 is 5.97 Å². The third kappa shape index (κ3) is 26.0. The van der Waals surface area contributed by atoms with Crippen molar-refractivity contribution < 1.29 is 37.1 Å². The molecule has 2 unspecified atom stereocenters. The number of carboxylic acid groups (broad SMARTS) is 1. The van der Waals surface area contributed by atoms with Crippen LogP contribution in [0.1, 0.15) is 129 Å². The van der Waals surface area contributed by atoms with Crippen LogP contribution in [-0.2, 0) is 32.0 Å². The molecule has 0 radical (unpaired) electrons. The van der Waals surface area contributed by atoms with Crippen LogP contribution in [0.25, 0.3) is 0 Å². The van der Waals surface area contributed by atoms with Crippen LogP contribution in [0.3, 0.4) is 0 Å². The average Bonchev–Trinajstić information content (AvgIpc) is 2.98. The highest BCUT2D eigenvalue weighted by atomic mass is 28.4. The van der Waals surface area contributed by atoms with E-state index < -0.39 is 45.5 Å². The van der Waals surface area contributed by atoms with Crippen molar-refractivity contribution in [1.82, 2.24) is 0 Å². The molecule has 52 heavy (non-hydrogen) atoms. The molecule has 1 heterocycles. The summed E-state index contributed by atoms with van der Waals surface area (Å²) in [5.74, 6) is -0.681. The molecular formula is C40H86O8Si4. The highest BCUT2D eigenvalue weighted by molar-refractivity contribution is 6.71. The molecular weight excluding hydrogens is 721 g/mol. The molecule has 0 amide bonds. The van der Waals surface area contributed by atoms with E-state index in [0.29, 0.717) is 13.0 Å². The van der Waals surface area contributed by atoms with E-state index >= 15 is 0 Å². The van der Waals surface area contributed by atoms with Crippen molar-refractivity contribution in [3.05, 3.63) is 0 Å². The Labute approximate surface area is 326 Å². The highest BCUT2D eigenvalue weighted by Gasteiger charge is 2.52. The van der Waals surface area contributed by atoms with Gasteiger partial charge in [-0.2, -0.15) is 0 Å². The minimum atomic E-state index is -2.04. The quantitative estimate of drug-likeness (QED) is 0.0547. The van der Waals surface area contributed by atoms with Crippen molar-refractivity contribution in [1.29, 1.82) is 0 Å². The zero-order chi connectivity index (χ0) is 39.4. The lowest BCUT2D eigenvalue weighted by atomic mass is 9.98. The van der Waals surface area contributed by atoms with Crippen LogP contribution in [0.4, 0.5) is 0 Å². The Balaban J connectivity index is 3.19. The smallest absolute Gasteiger partial charge is 0.303 e. The van der Waals surface area contributed by atoms with Crippen LogP contribution >= 0.6 is 0 Å². The normalized spacial score (nSPS) is 22.5. The predicted octanol–water partition coefficient (Wildman–Crippen LogP) is 12.1. The number of hydrogen-bond donors (Lipinski definition) is 1. The molecule has 310 valence electrons. The number of aliphatic carboxylic acids is 1. The summed E-state index contributed by atoms with van der Waals surface area (Å²) in [5, 5.41) is 8.85. The van der Waals surface area contributed by atoms with Crippen molar-refractivity contribution in [2.75, 3.05) is 6.61 Å². The van der Waals surface area contributed by atoms with E-state index in [1.807, 2.05) is 0 Å². The lowest BCUT2D eigenvalue weighted by Gasteiger charge is -2.51. The van der Waals surface area contributed by atoms with Gasteiger partial charge in [-0.25, -0.2) is 0 Å². The number of rotatable bonds is 31. The number of ether oxygens (including phenoxy) is 2. The van der Waals surface area contributed by atoms with E-state index in [-0.39, 0.29) is 30.5 Å². The van der Waals surface area contributed by atoms with Gasteiger partial charge in [0.05, 0.1) is 12.7 Å². The average molecular weight is 807 g/mol. The van der Waals surface area contributed by atoms with Crippen molar-refractivity contribution in [2.45, 2.75) is 244 Å². The first kappa shape index (κ1) is 50.1. The zero-order valence-corrected chi connectivity index (χ0v) is 40.4. The summed E-state index contributed by atoms with van der Waals surface area (Å²) in [7, 11) is -7.89. The fourth-order valence-corrected chi connectivity index (χ4v) is 10.7. The first-order valence-electron chi connectivity index (χ1n) is 21.3. The summed E-state index contributed by atoms with van der Waals surface area (Å²) >= 11 is 0. The summed E-state index contributed by atoms with van der Waals surface area (Å²) < 4.78 is 41.9. The van der Waals surface area contributed by atoms with E-state index in [4.69, 9.17) is 32.3 Å². The molecule has 0 saturated carbocycles. The number of carboxylic acids is 1. The largest absolute Gasteiger partial charge is 0.481 e. The van der Waals surface area contributed by atoms with Crippen LogP contribution in [-0.4, -0.2) is 87.8 Å². The lowest BCUT2D eigenvalue weighted by molar-refractivity contribution is -0.302. The third-order valence-corrected chi connectivity index (χ3v) is 13.1. The summed E-state index contributed by atoms with van der Waals surface area (Å²) in [6.07, 6.45) is 19.9. The Morgan fingerprint density at radius 2 is 0.962 bits per heavy atom. The Morgan fingerprint density at radius 1 is 0.558 bits per heavy atom. The number of hydrogen-bond acceptors (Lipinski definition) is 7. The third-order valence-electron chi connectivity index (χ3n) is 9.11. The number of carbonyl (C=O) groups is 1. The molecule has 1 fully saturated rings. The molecule has 1 aliphatic heterocycles. The van der Waals surface area contributed by atoms with E-state index in [2.05, 4.69) is 85.5 Å². The minimum absolute atomic E-state index is 0.100. The fourth-order valence-electron chi connectivity index (χ4n) is 6.77. The van der Waals surface area contributed by atoms with E-state index in [0.717, 1.165) is 38.5 Å². The molecule has 12 heteroatoms. The first-order chi connectivity index (χ1) is 24.1. The van der Waals surface area contributed by atoms with Crippen LogP contribution in [0.15, 0.2) is 0 Å². The van der Waals surface area contributed by atoms with Gasteiger partial charge in [-0.3, -0.25) is 4.79 Å². The van der Waals surface area contributed by atoms with Gasteiger partial charge in [0.2, 0.25) is 0 Å². The van der Waals surface area contributed by atoms with Gasteiger partial charge in [0.25, 0.3) is 0 Å². The highest BCUT2D eigenvalue weighted by Crippen LogP contribution is 2.36. The topological polar surface area (TPSA) is 92.7 Å². The van der Waals surface area contributed by atoms with Gasteiger partial charge in [0, 0.05) is 6.42 Å². The van der Waals surface area contributed by atoms with Gasteiger partial charge in [0.15, 0.2) is 39.6 Å². The molecule has 1 aliphatic rings.